The number of amides is 2. The number of benzene rings is 1. The van der Waals surface area contributed by atoms with Gasteiger partial charge in [-0.05, 0) is 19.1 Å². The van der Waals surface area contributed by atoms with Crippen molar-refractivity contribution in [2.45, 2.75) is 22.7 Å². The number of ether oxygens (including phenoxy) is 1. The number of hydrogen-bond acceptors (Lipinski definition) is 5. The number of carbonyl (C=O) groups is 2. The zero-order chi connectivity index (χ0) is 19.3. The molecule has 0 saturated carbocycles. The average molecular weight is 380 g/mol. The summed E-state index contributed by atoms with van der Waals surface area (Å²) in [6, 6.07) is 4.90. The average Bonchev–Trinajstić information content (AvgIpc) is 2.57. The molecule has 6 nitrogen and oxygen atoms in total. The van der Waals surface area contributed by atoms with Gasteiger partial charge in [0, 0.05) is 18.5 Å². The van der Waals surface area contributed by atoms with Crippen LogP contribution in [0.3, 0.4) is 0 Å². The van der Waals surface area contributed by atoms with Crippen molar-refractivity contribution < 1.29 is 32.3 Å². The Balaban J connectivity index is 3.21. The second kappa shape index (κ2) is 8.43. The largest absolute Gasteiger partial charge is 0.453 e. The van der Waals surface area contributed by atoms with Crippen molar-refractivity contribution in [1.29, 1.82) is 0 Å². The highest BCUT2D eigenvalue weighted by Crippen LogP contribution is 2.42. The molecule has 0 spiro atoms. The molecule has 1 atom stereocenters. The Morgan fingerprint density at radius 3 is 2.36 bits per heavy atom. The topological polar surface area (TPSA) is 67.9 Å². The monoisotopic (exact) mass is 380 g/mol. The van der Waals surface area contributed by atoms with Crippen LogP contribution in [0.15, 0.2) is 29.2 Å². The highest BCUT2D eigenvalue weighted by atomic mass is 32.2. The van der Waals surface area contributed by atoms with Crippen LogP contribution < -0.4 is 5.32 Å². The van der Waals surface area contributed by atoms with Crippen LogP contribution in [-0.2, 0) is 20.5 Å². The molecular weight excluding hydrogens is 361 g/mol. The van der Waals surface area contributed by atoms with Crippen molar-refractivity contribution in [2.24, 2.45) is 0 Å². The van der Waals surface area contributed by atoms with Crippen LogP contribution in [-0.4, -0.2) is 49.6 Å². The lowest BCUT2D eigenvalue weighted by Crippen LogP contribution is -2.50. The molecule has 0 saturated heterocycles. The Morgan fingerprint density at radius 1 is 1.24 bits per heavy atom. The molecule has 2 amide bonds. The minimum absolute atomic E-state index is 0.137. The first-order valence-corrected chi connectivity index (χ1v) is 7.86. The fourth-order valence-electron chi connectivity index (χ4n) is 1.92. The van der Waals surface area contributed by atoms with Gasteiger partial charge in [-0.25, -0.2) is 9.86 Å². The summed E-state index contributed by atoms with van der Waals surface area (Å²) < 4.78 is 42.6. The number of methoxy groups -OCH3 is 1. The molecule has 0 unspecified atom stereocenters. The SMILES string of the molecule is COC(=O)NC[C@](C)(Sc1ccccc1C(F)(F)F)C(=O)N(C)OC. The zero-order valence-corrected chi connectivity index (χ0v) is 15.0. The van der Waals surface area contributed by atoms with E-state index in [2.05, 4.69) is 10.1 Å². The standard InChI is InChI=1S/C15H19F3N2O4S/c1-14(9-19-13(22)23-3,12(21)20(2)24-4)25-11-8-6-5-7-10(11)15(16,17)18/h5-8H,9H2,1-4H3,(H,19,22)/t14-/m0/s1. The van der Waals surface area contributed by atoms with Crippen LogP contribution in [0.2, 0.25) is 0 Å². The van der Waals surface area contributed by atoms with E-state index in [0.717, 1.165) is 18.2 Å². The molecule has 0 bridgehead atoms. The van der Waals surface area contributed by atoms with E-state index in [-0.39, 0.29) is 11.4 Å². The van der Waals surface area contributed by atoms with E-state index in [0.29, 0.717) is 11.8 Å². The first kappa shape index (κ1) is 21.1. The third-order valence-corrected chi connectivity index (χ3v) is 4.64. The van der Waals surface area contributed by atoms with Gasteiger partial charge in [0.2, 0.25) is 0 Å². The predicted molar refractivity (Wildman–Crippen MR) is 85.9 cm³/mol. The summed E-state index contributed by atoms with van der Waals surface area (Å²) in [6.07, 6.45) is -5.37. The predicted octanol–water partition coefficient (Wildman–Crippen LogP) is 2.93. The summed E-state index contributed by atoms with van der Waals surface area (Å²) in [5.74, 6) is -0.617. The van der Waals surface area contributed by atoms with Gasteiger partial charge < -0.3 is 10.1 Å². The van der Waals surface area contributed by atoms with Crippen LogP contribution in [0.25, 0.3) is 0 Å². The Morgan fingerprint density at radius 2 is 1.84 bits per heavy atom. The fraction of sp³-hybridized carbons (Fsp3) is 0.467. The summed E-state index contributed by atoms with van der Waals surface area (Å²) in [4.78, 5) is 28.6. The van der Waals surface area contributed by atoms with Gasteiger partial charge >= 0.3 is 12.3 Å². The number of thioether (sulfide) groups is 1. The van der Waals surface area contributed by atoms with Crippen molar-refractivity contribution in [2.75, 3.05) is 27.8 Å². The second-order valence-electron chi connectivity index (χ2n) is 5.16. The molecule has 0 fully saturated rings. The van der Waals surface area contributed by atoms with Crippen LogP contribution in [0, 0.1) is 0 Å². The van der Waals surface area contributed by atoms with Gasteiger partial charge in [-0.15, -0.1) is 11.8 Å². The lowest BCUT2D eigenvalue weighted by Gasteiger charge is -2.31. The van der Waals surface area contributed by atoms with Gasteiger partial charge in [0.15, 0.2) is 0 Å². The van der Waals surface area contributed by atoms with E-state index in [4.69, 9.17) is 4.84 Å². The molecule has 140 valence electrons. The lowest BCUT2D eigenvalue weighted by molar-refractivity contribution is -0.170. The number of rotatable bonds is 6. The van der Waals surface area contributed by atoms with Crippen molar-refractivity contribution in [1.82, 2.24) is 10.4 Å². The summed E-state index contributed by atoms with van der Waals surface area (Å²) in [5.41, 5.74) is -0.864. The minimum Gasteiger partial charge on any atom is -0.453 e. The fourth-order valence-corrected chi connectivity index (χ4v) is 3.20. The first-order chi connectivity index (χ1) is 11.5. The zero-order valence-electron chi connectivity index (χ0n) is 14.1. The second-order valence-corrected chi connectivity index (χ2v) is 6.70. The van der Waals surface area contributed by atoms with Gasteiger partial charge in [-0.3, -0.25) is 9.63 Å². The molecule has 0 aliphatic carbocycles. The summed E-state index contributed by atoms with van der Waals surface area (Å²) in [7, 11) is 3.72. The number of nitrogens with one attached hydrogen (secondary N) is 1. The van der Waals surface area contributed by atoms with E-state index >= 15 is 0 Å². The molecule has 25 heavy (non-hydrogen) atoms. The molecule has 10 heteroatoms. The molecule has 1 aromatic carbocycles. The maximum atomic E-state index is 13.2. The summed E-state index contributed by atoms with van der Waals surface area (Å²) >= 11 is 0.687. The van der Waals surface area contributed by atoms with Crippen molar-refractivity contribution in [3.8, 4) is 0 Å². The number of alkyl halides is 3. The number of hydrogen-bond donors (Lipinski definition) is 1. The number of hydroxylamine groups is 2. The van der Waals surface area contributed by atoms with Gasteiger partial charge in [0.25, 0.3) is 5.91 Å². The van der Waals surface area contributed by atoms with E-state index in [9.17, 15) is 22.8 Å². The van der Waals surface area contributed by atoms with Crippen LogP contribution in [0.4, 0.5) is 18.0 Å². The van der Waals surface area contributed by atoms with Gasteiger partial charge in [-0.2, -0.15) is 13.2 Å². The van der Waals surface area contributed by atoms with Crippen molar-refractivity contribution in [3.05, 3.63) is 29.8 Å². The molecule has 1 rings (SSSR count). The van der Waals surface area contributed by atoms with E-state index in [1.54, 1.807) is 0 Å². The quantitative estimate of drug-likeness (QED) is 0.607. The highest BCUT2D eigenvalue weighted by Gasteiger charge is 2.41. The molecule has 0 aliphatic rings. The molecule has 0 aliphatic heterocycles. The Labute approximate surface area is 147 Å². The molecule has 0 radical (unpaired) electrons. The Bertz CT molecular complexity index is 627. The maximum Gasteiger partial charge on any atom is 0.417 e. The number of carbonyl (C=O) groups excluding carboxylic acids is 2. The maximum absolute atomic E-state index is 13.2. The van der Waals surface area contributed by atoms with Crippen LogP contribution in [0.5, 0.6) is 0 Å². The molecular formula is C15H19F3N2O4S. The Kier molecular flexibility index (Phi) is 7.12. The van der Waals surface area contributed by atoms with Crippen LogP contribution in [0.1, 0.15) is 12.5 Å². The van der Waals surface area contributed by atoms with Crippen LogP contribution >= 0.6 is 11.8 Å². The van der Waals surface area contributed by atoms with E-state index in [1.807, 2.05) is 0 Å². The van der Waals surface area contributed by atoms with E-state index < -0.39 is 28.5 Å². The number of nitrogens with zero attached hydrogens (tertiary/aromatic N) is 1. The van der Waals surface area contributed by atoms with E-state index in [1.165, 1.54) is 39.3 Å². The summed E-state index contributed by atoms with van der Waals surface area (Å²) in [5, 5.41) is 3.24. The van der Waals surface area contributed by atoms with Gasteiger partial charge in [0.05, 0.1) is 19.8 Å². The Hall–Kier alpha value is -1.94. The summed E-state index contributed by atoms with van der Waals surface area (Å²) in [6.45, 7) is 1.15. The first-order valence-electron chi connectivity index (χ1n) is 7.04. The van der Waals surface area contributed by atoms with Crippen molar-refractivity contribution in [3.63, 3.8) is 0 Å². The minimum atomic E-state index is -4.57. The van der Waals surface area contributed by atoms with Gasteiger partial charge in [0.1, 0.15) is 4.75 Å². The number of halogens is 3. The third kappa shape index (κ3) is 5.53. The molecule has 0 heterocycles. The van der Waals surface area contributed by atoms with Gasteiger partial charge in [-0.1, -0.05) is 12.1 Å². The molecule has 1 aromatic rings. The normalized spacial score (nSPS) is 13.7. The van der Waals surface area contributed by atoms with Crippen molar-refractivity contribution >= 4 is 23.8 Å². The highest BCUT2D eigenvalue weighted by molar-refractivity contribution is 8.01. The lowest BCUT2D eigenvalue weighted by atomic mass is 10.1. The smallest absolute Gasteiger partial charge is 0.417 e. The third-order valence-electron chi connectivity index (χ3n) is 3.30. The molecule has 1 N–H and O–H groups in total. The number of alkyl carbamates (subject to hydrolysis) is 1. The molecule has 0 aromatic heterocycles.